The Morgan fingerprint density at radius 3 is 2.03 bits per heavy atom. The molecule has 0 saturated carbocycles. The molecule has 0 saturated heterocycles. The van der Waals surface area contributed by atoms with Crippen molar-refractivity contribution in [3.8, 4) is 11.5 Å². The standard InChI is InChI=1S/C28H26N2O2/c1-31-24-9-5-7-22(19-24)12-14-28(15-13-23-8-6-10-25(20-23)32-2)16-18-30-27(21-28)26-11-3-4-17-29-26/h3-20H,21H2,1-2H3. The molecule has 160 valence electrons. The number of aliphatic imine (C=N–C) groups is 1. The minimum atomic E-state index is -0.346. The van der Waals surface area contributed by atoms with Crippen molar-refractivity contribution in [3.63, 3.8) is 0 Å². The van der Waals surface area contributed by atoms with Crippen LogP contribution in [-0.2, 0) is 0 Å². The predicted octanol–water partition coefficient (Wildman–Crippen LogP) is 6.22. The number of benzene rings is 2. The largest absolute Gasteiger partial charge is 0.497 e. The van der Waals surface area contributed by atoms with Crippen molar-refractivity contribution >= 4 is 17.9 Å². The Kier molecular flexibility index (Phi) is 6.61. The fourth-order valence-corrected chi connectivity index (χ4v) is 3.63. The molecule has 0 radical (unpaired) electrons. The zero-order valence-electron chi connectivity index (χ0n) is 18.3. The Balaban J connectivity index is 1.69. The Morgan fingerprint density at radius 1 is 0.812 bits per heavy atom. The summed E-state index contributed by atoms with van der Waals surface area (Å²) in [6, 6.07) is 22.0. The summed E-state index contributed by atoms with van der Waals surface area (Å²) in [6.45, 7) is 0. The van der Waals surface area contributed by atoms with Crippen LogP contribution in [0.3, 0.4) is 0 Å². The number of rotatable bonds is 7. The van der Waals surface area contributed by atoms with Crippen molar-refractivity contribution in [2.75, 3.05) is 14.2 Å². The summed E-state index contributed by atoms with van der Waals surface area (Å²) in [7, 11) is 3.36. The lowest BCUT2D eigenvalue weighted by Gasteiger charge is -2.27. The number of methoxy groups -OCH3 is 2. The maximum absolute atomic E-state index is 5.37. The molecule has 0 N–H and O–H groups in total. The Labute approximate surface area is 189 Å². The fourth-order valence-electron chi connectivity index (χ4n) is 3.63. The molecule has 4 heteroatoms. The number of hydrogen-bond donors (Lipinski definition) is 0. The van der Waals surface area contributed by atoms with Gasteiger partial charge in [0.15, 0.2) is 0 Å². The zero-order valence-corrected chi connectivity index (χ0v) is 18.3. The first-order valence-corrected chi connectivity index (χ1v) is 10.5. The van der Waals surface area contributed by atoms with E-state index in [2.05, 4.69) is 52.5 Å². The molecule has 0 fully saturated rings. The summed E-state index contributed by atoms with van der Waals surface area (Å²) in [4.78, 5) is 9.13. The van der Waals surface area contributed by atoms with Gasteiger partial charge in [0.05, 0.1) is 25.6 Å². The van der Waals surface area contributed by atoms with E-state index >= 15 is 0 Å². The quantitative estimate of drug-likeness (QED) is 0.454. The zero-order chi connectivity index (χ0) is 22.2. The normalized spacial score (nSPS) is 18.1. The first kappa shape index (κ1) is 21.3. The molecule has 0 bridgehead atoms. The van der Waals surface area contributed by atoms with Crippen LogP contribution in [0, 0.1) is 5.41 Å². The highest BCUT2D eigenvalue weighted by Gasteiger charge is 2.27. The number of nitrogens with zero attached hydrogens (tertiary/aromatic N) is 2. The maximum Gasteiger partial charge on any atom is 0.119 e. The highest BCUT2D eigenvalue weighted by molar-refractivity contribution is 6.01. The van der Waals surface area contributed by atoms with E-state index in [1.54, 1.807) is 20.4 Å². The molecule has 2 aromatic carbocycles. The molecule has 4 nitrogen and oxygen atoms in total. The van der Waals surface area contributed by atoms with E-state index < -0.39 is 0 Å². The summed E-state index contributed by atoms with van der Waals surface area (Å²) < 4.78 is 10.7. The number of allylic oxidation sites excluding steroid dienone is 3. The van der Waals surface area contributed by atoms with Crippen LogP contribution in [-0.4, -0.2) is 24.9 Å². The number of hydrogen-bond acceptors (Lipinski definition) is 4. The van der Waals surface area contributed by atoms with Crippen LogP contribution in [0.4, 0.5) is 0 Å². The van der Waals surface area contributed by atoms with Crippen LogP contribution in [0.25, 0.3) is 12.2 Å². The Morgan fingerprint density at radius 2 is 1.47 bits per heavy atom. The summed E-state index contributed by atoms with van der Waals surface area (Å²) >= 11 is 0. The van der Waals surface area contributed by atoms with Crippen LogP contribution in [0.5, 0.6) is 11.5 Å². The van der Waals surface area contributed by atoms with Crippen molar-refractivity contribution < 1.29 is 9.47 Å². The molecular formula is C28H26N2O2. The summed E-state index contributed by atoms with van der Waals surface area (Å²) in [6.07, 6.45) is 15.2. The van der Waals surface area contributed by atoms with E-state index in [1.807, 2.05) is 60.8 Å². The highest BCUT2D eigenvalue weighted by atomic mass is 16.5. The van der Waals surface area contributed by atoms with Gasteiger partial charge in [-0.3, -0.25) is 9.98 Å². The average Bonchev–Trinajstić information content (AvgIpc) is 2.87. The second-order valence-electron chi connectivity index (χ2n) is 7.62. The van der Waals surface area contributed by atoms with Crippen molar-refractivity contribution in [2.24, 2.45) is 10.4 Å². The van der Waals surface area contributed by atoms with Gasteiger partial charge in [-0.15, -0.1) is 0 Å². The smallest absolute Gasteiger partial charge is 0.119 e. The van der Waals surface area contributed by atoms with Gasteiger partial charge in [-0.2, -0.15) is 0 Å². The molecule has 32 heavy (non-hydrogen) atoms. The first-order valence-electron chi connectivity index (χ1n) is 10.5. The van der Waals surface area contributed by atoms with Crippen LogP contribution < -0.4 is 9.47 Å². The van der Waals surface area contributed by atoms with E-state index in [4.69, 9.17) is 9.47 Å². The molecule has 4 rings (SSSR count). The third kappa shape index (κ3) is 5.22. The van der Waals surface area contributed by atoms with E-state index in [-0.39, 0.29) is 5.41 Å². The van der Waals surface area contributed by atoms with E-state index in [0.717, 1.165) is 34.0 Å². The molecule has 0 unspecified atom stereocenters. The highest BCUT2D eigenvalue weighted by Crippen LogP contribution is 2.35. The SMILES string of the molecule is COc1cccc(C=CC2(C=Cc3cccc(OC)c3)C=CN=C(c3ccccn3)C2)c1. The lowest BCUT2D eigenvalue weighted by Crippen LogP contribution is -2.21. The molecule has 0 atom stereocenters. The summed E-state index contributed by atoms with van der Waals surface area (Å²) in [5, 5.41) is 0. The third-order valence-electron chi connectivity index (χ3n) is 5.41. The molecule has 2 heterocycles. The van der Waals surface area contributed by atoms with E-state index in [9.17, 15) is 0 Å². The van der Waals surface area contributed by atoms with Crippen molar-refractivity contribution in [1.29, 1.82) is 0 Å². The van der Waals surface area contributed by atoms with E-state index in [1.165, 1.54) is 0 Å². The molecule has 0 amide bonds. The monoisotopic (exact) mass is 422 g/mol. The van der Waals surface area contributed by atoms with Crippen LogP contribution in [0.1, 0.15) is 23.2 Å². The summed E-state index contributed by atoms with van der Waals surface area (Å²) in [5.74, 6) is 1.67. The molecule has 3 aromatic rings. The number of ether oxygens (including phenoxy) is 2. The number of pyridine rings is 1. The third-order valence-corrected chi connectivity index (χ3v) is 5.41. The lowest BCUT2D eigenvalue weighted by molar-refractivity contribution is 0.414. The van der Waals surface area contributed by atoms with Gasteiger partial charge in [0.25, 0.3) is 0 Å². The molecule has 0 aliphatic carbocycles. The van der Waals surface area contributed by atoms with Crippen molar-refractivity contribution in [1.82, 2.24) is 4.98 Å². The molecule has 1 aromatic heterocycles. The Bertz CT molecular complexity index is 1120. The van der Waals surface area contributed by atoms with Gasteiger partial charge in [-0.25, -0.2) is 0 Å². The van der Waals surface area contributed by atoms with E-state index in [0.29, 0.717) is 6.42 Å². The van der Waals surface area contributed by atoms with Gasteiger partial charge >= 0.3 is 0 Å². The Hall–Kier alpha value is -3.92. The lowest BCUT2D eigenvalue weighted by atomic mass is 9.79. The topological polar surface area (TPSA) is 43.7 Å². The van der Waals surface area contributed by atoms with Crippen molar-refractivity contribution in [2.45, 2.75) is 6.42 Å². The number of aromatic nitrogens is 1. The molecular weight excluding hydrogens is 396 g/mol. The minimum absolute atomic E-state index is 0.346. The second-order valence-corrected chi connectivity index (χ2v) is 7.62. The maximum atomic E-state index is 5.37. The first-order chi connectivity index (χ1) is 15.7. The van der Waals surface area contributed by atoms with Crippen molar-refractivity contribution in [3.05, 3.63) is 114 Å². The fraction of sp³-hybridized carbons (Fsp3) is 0.143. The van der Waals surface area contributed by atoms with Crippen LogP contribution >= 0.6 is 0 Å². The van der Waals surface area contributed by atoms with Gasteiger partial charge in [-0.1, -0.05) is 60.7 Å². The van der Waals surface area contributed by atoms with Crippen LogP contribution in [0.15, 0.2) is 102 Å². The molecule has 0 spiro atoms. The average molecular weight is 423 g/mol. The minimum Gasteiger partial charge on any atom is -0.497 e. The van der Waals surface area contributed by atoms with Gasteiger partial charge < -0.3 is 9.47 Å². The van der Waals surface area contributed by atoms with Gasteiger partial charge in [0.2, 0.25) is 0 Å². The molecule has 1 aliphatic heterocycles. The van der Waals surface area contributed by atoms with Gasteiger partial charge in [0, 0.05) is 24.2 Å². The predicted molar refractivity (Wildman–Crippen MR) is 131 cm³/mol. The van der Waals surface area contributed by atoms with Crippen LogP contribution in [0.2, 0.25) is 0 Å². The summed E-state index contributed by atoms with van der Waals surface area (Å²) in [5.41, 5.74) is 3.66. The van der Waals surface area contributed by atoms with Gasteiger partial charge in [-0.05, 0) is 47.5 Å². The molecule has 1 aliphatic rings. The second kappa shape index (κ2) is 9.92. The van der Waals surface area contributed by atoms with Gasteiger partial charge in [0.1, 0.15) is 11.5 Å².